The molecule has 0 heterocycles. The largest absolute Gasteiger partial charge is 0.273 e. The Hall–Kier alpha value is -2.25. The quantitative estimate of drug-likeness (QED) is 0.614. The fourth-order valence-electron chi connectivity index (χ4n) is 2.37. The van der Waals surface area contributed by atoms with Gasteiger partial charge in [-0.05, 0) is 38.3 Å². The smallest absolute Gasteiger partial charge is 0.258 e. The van der Waals surface area contributed by atoms with Crippen molar-refractivity contribution in [2.75, 3.05) is 0 Å². The third-order valence-corrected chi connectivity index (χ3v) is 5.34. The molecule has 0 aliphatic heterocycles. The van der Waals surface area contributed by atoms with Gasteiger partial charge in [0.05, 0.1) is 9.82 Å². The SMILES string of the molecule is Cc1ccc(S(=O)(=O)NC(C)CCc2ccccc2)cc1[N+](=O)[O-]. The van der Waals surface area contributed by atoms with Crippen molar-refractivity contribution < 1.29 is 13.3 Å². The fourth-order valence-corrected chi connectivity index (χ4v) is 3.67. The molecule has 0 aromatic heterocycles. The maximum absolute atomic E-state index is 12.4. The van der Waals surface area contributed by atoms with Crippen molar-refractivity contribution in [1.29, 1.82) is 0 Å². The van der Waals surface area contributed by atoms with Crippen molar-refractivity contribution in [2.24, 2.45) is 0 Å². The molecule has 24 heavy (non-hydrogen) atoms. The van der Waals surface area contributed by atoms with E-state index in [2.05, 4.69) is 4.72 Å². The summed E-state index contributed by atoms with van der Waals surface area (Å²) in [5.41, 5.74) is 1.36. The Balaban J connectivity index is 2.07. The molecule has 0 aliphatic carbocycles. The van der Waals surface area contributed by atoms with Crippen LogP contribution >= 0.6 is 0 Å². The standard InChI is InChI=1S/C17H20N2O4S/c1-13-8-11-16(12-17(13)19(20)21)24(22,23)18-14(2)9-10-15-6-4-3-5-7-15/h3-8,11-12,14,18H,9-10H2,1-2H3. The van der Waals surface area contributed by atoms with Crippen molar-refractivity contribution in [3.8, 4) is 0 Å². The molecule has 128 valence electrons. The van der Waals surface area contributed by atoms with Gasteiger partial charge < -0.3 is 0 Å². The highest BCUT2D eigenvalue weighted by Gasteiger charge is 2.21. The van der Waals surface area contributed by atoms with Crippen molar-refractivity contribution in [3.63, 3.8) is 0 Å². The Labute approximate surface area is 141 Å². The summed E-state index contributed by atoms with van der Waals surface area (Å²) in [7, 11) is -3.79. The first-order valence-electron chi connectivity index (χ1n) is 7.61. The van der Waals surface area contributed by atoms with E-state index in [4.69, 9.17) is 0 Å². The highest BCUT2D eigenvalue weighted by molar-refractivity contribution is 7.89. The van der Waals surface area contributed by atoms with Crippen molar-refractivity contribution in [1.82, 2.24) is 4.72 Å². The molecule has 0 saturated heterocycles. The van der Waals surface area contributed by atoms with E-state index >= 15 is 0 Å². The van der Waals surface area contributed by atoms with Crippen molar-refractivity contribution >= 4 is 15.7 Å². The highest BCUT2D eigenvalue weighted by Crippen LogP contribution is 2.22. The van der Waals surface area contributed by atoms with Gasteiger partial charge in [0.2, 0.25) is 10.0 Å². The zero-order valence-corrected chi connectivity index (χ0v) is 14.4. The van der Waals surface area contributed by atoms with Gasteiger partial charge in [0.25, 0.3) is 5.69 Å². The molecule has 6 nitrogen and oxygen atoms in total. The van der Waals surface area contributed by atoms with E-state index in [1.165, 1.54) is 12.1 Å². The Bertz CT molecular complexity index is 820. The van der Waals surface area contributed by atoms with Gasteiger partial charge in [-0.2, -0.15) is 0 Å². The maximum atomic E-state index is 12.4. The second-order valence-electron chi connectivity index (χ2n) is 5.75. The lowest BCUT2D eigenvalue weighted by Crippen LogP contribution is -2.33. The average molecular weight is 348 g/mol. The zero-order chi connectivity index (χ0) is 17.7. The lowest BCUT2D eigenvalue weighted by Gasteiger charge is -2.14. The number of hydrogen-bond acceptors (Lipinski definition) is 4. The summed E-state index contributed by atoms with van der Waals surface area (Å²) in [6.45, 7) is 3.35. The van der Waals surface area contributed by atoms with E-state index in [0.717, 1.165) is 18.1 Å². The molecule has 1 atom stereocenters. The molecular weight excluding hydrogens is 328 g/mol. The van der Waals surface area contributed by atoms with Crippen LogP contribution in [0.25, 0.3) is 0 Å². The summed E-state index contributed by atoms with van der Waals surface area (Å²) >= 11 is 0. The number of nitro benzene ring substituents is 1. The van der Waals surface area contributed by atoms with Gasteiger partial charge in [-0.25, -0.2) is 13.1 Å². The predicted molar refractivity (Wildman–Crippen MR) is 92.4 cm³/mol. The number of benzene rings is 2. The van der Waals surface area contributed by atoms with Crippen LogP contribution in [0.15, 0.2) is 53.4 Å². The zero-order valence-electron chi connectivity index (χ0n) is 13.6. The molecule has 0 saturated carbocycles. The molecule has 7 heteroatoms. The third kappa shape index (κ3) is 4.62. The second-order valence-corrected chi connectivity index (χ2v) is 7.47. The Morgan fingerprint density at radius 1 is 1.17 bits per heavy atom. The normalized spacial score (nSPS) is 12.8. The number of nitrogens with one attached hydrogen (secondary N) is 1. The minimum absolute atomic E-state index is 0.0913. The second kappa shape index (κ2) is 7.55. The Morgan fingerprint density at radius 2 is 1.83 bits per heavy atom. The van der Waals surface area contributed by atoms with Gasteiger partial charge in [0.1, 0.15) is 0 Å². The van der Waals surface area contributed by atoms with Crippen LogP contribution in [-0.4, -0.2) is 19.4 Å². The molecule has 2 aromatic carbocycles. The molecule has 0 spiro atoms. The first-order chi connectivity index (χ1) is 11.3. The Morgan fingerprint density at radius 3 is 2.46 bits per heavy atom. The highest BCUT2D eigenvalue weighted by atomic mass is 32.2. The summed E-state index contributed by atoms with van der Waals surface area (Å²) in [6.07, 6.45) is 1.38. The molecule has 2 aromatic rings. The summed E-state index contributed by atoms with van der Waals surface area (Å²) in [5, 5.41) is 11.0. The molecule has 0 amide bonds. The van der Waals surface area contributed by atoms with Gasteiger partial charge in [0, 0.05) is 17.7 Å². The average Bonchev–Trinajstić information content (AvgIpc) is 2.53. The van der Waals surface area contributed by atoms with Gasteiger partial charge in [-0.15, -0.1) is 0 Å². The number of sulfonamides is 1. The lowest BCUT2D eigenvalue weighted by atomic mass is 10.1. The number of nitro groups is 1. The molecular formula is C17H20N2O4S. The minimum Gasteiger partial charge on any atom is -0.258 e. The van der Waals surface area contributed by atoms with Crippen LogP contribution in [-0.2, 0) is 16.4 Å². The van der Waals surface area contributed by atoms with E-state index in [0.29, 0.717) is 12.0 Å². The monoisotopic (exact) mass is 348 g/mol. The molecule has 1 N–H and O–H groups in total. The van der Waals surface area contributed by atoms with Crippen LogP contribution < -0.4 is 4.72 Å². The fraction of sp³-hybridized carbons (Fsp3) is 0.294. The number of nitrogens with zero attached hydrogens (tertiary/aromatic N) is 1. The lowest BCUT2D eigenvalue weighted by molar-refractivity contribution is -0.385. The Kier molecular flexibility index (Phi) is 5.69. The first kappa shape index (κ1) is 18.1. The van der Waals surface area contributed by atoms with E-state index in [-0.39, 0.29) is 16.6 Å². The summed E-state index contributed by atoms with van der Waals surface area (Å²) < 4.78 is 27.4. The van der Waals surface area contributed by atoms with Gasteiger partial charge >= 0.3 is 0 Å². The van der Waals surface area contributed by atoms with Crippen molar-refractivity contribution in [3.05, 3.63) is 69.8 Å². The van der Waals surface area contributed by atoms with E-state index in [1.807, 2.05) is 30.3 Å². The van der Waals surface area contributed by atoms with Crippen LogP contribution in [0.4, 0.5) is 5.69 Å². The number of aryl methyl sites for hydroxylation is 2. The topological polar surface area (TPSA) is 89.3 Å². The van der Waals surface area contributed by atoms with E-state index in [9.17, 15) is 18.5 Å². The molecule has 0 aliphatic rings. The number of hydrogen-bond donors (Lipinski definition) is 1. The van der Waals surface area contributed by atoms with Crippen LogP contribution in [0.3, 0.4) is 0 Å². The molecule has 2 rings (SSSR count). The number of rotatable bonds is 7. The van der Waals surface area contributed by atoms with E-state index < -0.39 is 14.9 Å². The molecule has 0 bridgehead atoms. The van der Waals surface area contributed by atoms with Crippen LogP contribution in [0.2, 0.25) is 0 Å². The van der Waals surface area contributed by atoms with Crippen LogP contribution in [0.1, 0.15) is 24.5 Å². The van der Waals surface area contributed by atoms with Crippen LogP contribution in [0.5, 0.6) is 0 Å². The molecule has 1 unspecified atom stereocenters. The summed E-state index contributed by atoms with van der Waals surface area (Å²) in [5.74, 6) is 0. The predicted octanol–water partition coefficient (Wildman–Crippen LogP) is 3.20. The maximum Gasteiger partial charge on any atom is 0.273 e. The van der Waals surface area contributed by atoms with Crippen molar-refractivity contribution in [2.45, 2.75) is 37.6 Å². The summed E-state index contributed by atoms with van der Waals surface area (Å²) in [4.78, 5) is 10.3. The third-order valence-electron chi connectivity index (χ3n) is 3.75. The van der Waals surface area contributed by atoms with Crippen LogP contribution in [0, 0.1) is 17.0 Å². The molecule has 0 fully saturated rings. The first-order valence-corrected chi connectivity index (χ1v) is 9.09. The van der Waals surface area contributed by atoms with Gasteiger partial charge in [-0.1, -0.05) is 36.4 Å². The summed E-state index contributed by atoms with van der Waals surface area (Å²) in [6, 6.07) is 13.4. The van der Waals surface area contributed by atoms with Gasteiger partial charge in [0.15, 0.2) is 0 Å². The molecule has 0 radical (unpaired) electrons. The minimum atomic E-state index is -3.79. The van der Waals surface area contributed by atoms with Gasteiger partial charge in [-0.3, -0.25) is 10.1 Å². The van der Waals surface area contributed by atoms with E-state index in [1.54, 1.807) is 13.8 Å².